The summed E-state index contributed by atoms with van der Waals surface area (Å²) >= 11 is 0. The van der Waals surface area contributed by atoms with Gasteiger partial charge in [-0.1, -0.05) is 12.8 Å². The molecule has 0 bridgehead atoms. The number of nitrogens with two attached hydrogens (primary N) is 1. The van der Waals surface area contributed by atoms with Crippen molar-refractivity contribution in [3.05, 3.63) is 34.6 Å². The van der Waals surface area contributed by atoms with Crippen molar-refractivity contribution in [2.45, 2.75) is 31.7 Å². The van der Waals surface area contributed by atoms with Crippen LogP contribution in [0.3, 0.4) is 0 Å². The van der Waals surface area contributed by atoms with Gasteiger partial charge in [-0.2, -0.15) is 0 Å². The predicted octanol–water partition coefficient (Wildman–Crippen LogP) is 3.99. The van der Waals surface area contributed by atoms with Gasteiger partial charge in [0.1, 0.15) is 0 Å². The lowest BCUT2D eigenvalue weighted by molar-refractivity contribution is 0.344. The first kappa shape index (κ1) is 16.2. The van der Waals surface area contributed by atoms with Gasteiger partial charge >= 0.3 is 0 Å². The topological polar surface area (TPSA) is 26.0 Å². The fraction of sp³-hybridized carbons (Fsp3) is 0.500. The second-order valence-electron chi connectivity index (χ2n) is 4.55. The molecule has 1 aromatic carbocycles. The summed E-state index contributed by atoms with van der Waals surface area (Å²) in [7, 11) is 0. The van der Waals surface area contributed by atoms with Gasteiger partial charge in [-0.3, -0.25) is 0 Å². The lowest BCUT2D eigenvalue weighted by Crippen LogP contribution is -2.24. The molecule has 0 heterocycles. The van der Waals surface area contributed by atoms with Crippen LogP contribution in [-0.4, -0.2) is 0 Å². The Balaban J connectivity index is 0.00000180. The Bertz CT molecular complexity index is 445. The molecule has 19 heavy (non-hydrogen) atoms. The molecule has 1 fully saturated rings. The van der Waals surface area contributed by atoms with Crippen molar-refractivity contribution in [1.29, 1.82) is 0 Å². The molecular formula is C12H13ClF5N. The van der Waals surface area contributed by atoms with Crippen LogP contribution in [0.25, 0.3) is 0 Å². The molecule has 0 aromatic heterocycles. The summed E-state index contributed by atoms with van der Waals surface area (Å²) in [6, 6.07) is -1.16. The van der Waals surface area contributed by atoms with Gasteiger partial charge in [-0.05, 0) is 18.8 Å². The Morgan fingerprint density at radius 2 is 1.16 bits per heavy atom. The Labute approximate surface area is 113 Å². The molecule has 2 N–H and O–H groups in total. The highest BCUT2D eigenvalue weighted by atomic mass is 35.5. The van der Waals surface area contributed by atoms with E-state index < -0.39 is 40.7 Å². The molecule has 0 radical (unpaired) electrons. The van der Waals surface area contributed by atoms with E-state index in [0.29, 0.717) is 12.8 Å². The number of hydrogen-bond donors (Lipinski definition) is 1. The summed E-state index contributed by atoms with van der Waals surface area (Å²) in [6.45, 7) is 0. The first-order valence-electron chi connectivity index (χ1n) is 5.72. The smallest absolute Gasteiger partial charge is 0.200 e. The minimum atomic E-state index is -2.15. The summed E-state index contributed by atoms with van der Waals surface area (Å²) in [5.74, 6) is -9.88. The maximum Gasteiger partial charge on any atom is 0.200 e. The zero-order valence-corrected chi connectivity index (χ0v) is 10.7. The standard InChI is InChI=1S/C12H12F5N.ClH/c13-7-6(12(18)5-3-1-2-4-5)8(14)10(16)11(17)9(7)15;/h5,12H,1-4,18H2;1H/t12-;/m1./s1. The number of halogens is 6. The molecule has 1 aliphatic carbocycles. The highest BCUT2D eigenvalue weighted by molar-refractivity contribution is 5.85. The largest absolute Gasteiger partial charge is 0.324 e. The second kappa shape index (κ2) is 6.05. The third kappa shape index (κ3) is 2.69. The molecule has 0 saturated heterocycles. The van der Waals surface area contributed by atoms with Crippen molar-refractivity contribution in [2.75, 3.05) is 0 Å². The van der Waals surface area contributed by atoms with Crippen LogP contribution in [0.4, 0.5) is 22.0 Å². The highest BCUT2D eigenvalue weighted by Crippen LogP contribution is 2.37. The zero-order chi connectivity index (χ0) is 13.4. The number of rotatable bonds is 2. The normalized spacial score (nSPS) is 17.4. The van der Waals surface area contributed by atoms with Crippen LogP contribution in [0.1, 0.15) is 37.3 Å². The van der Waals surface area contributed by atoms with Gasteiger partial charge in [0.2, 0.25) is 5.82 Å². The summed E-state index contributed by atoms with van der Waals surface area (Å²) in [5, 5.41) is 0. The molecule has 108 valence electrons. The first-order valence-corrected chi connectivity index (χ1v) is 5.72. The van der Waals surface area contributed by atoms with Gasteiger partial charge in [-0.15, -0.1) is 12.4 Å². The summed E-state index contributed by atoms with van der Waals surface area (Å²) in [5.41, 5.74) is 4.76. The lowest BCUT2D eigenvalue weighted by atomic mass is 9.91. The van der Waals surface area contributed by atoms with Crippen LogP contribution in [-0.2, 0) is 0 Å². The Kier molecular flexibility index (Phi) is 5.15. The van der Waals surface area contributed by atoms with Crippen molar-refractivity contribution in [3.63, 3.8) is 0 Å². The van der Waals surface area contributed by atoms with E-state index in [2.05, 4.69) is 0 Å². The molecule has 0 unspecified atom stereocenters. The van der Waals surface area contributed by atoms with Crippen LogP contribution in [0, 0.1) is 35.0 Å². The van der Waals surface area contributed by atoms with E-state index >= 15 is 0 Å². The minimum Gasteiger partial charge on any atom is -0.324 e. The van der Waals surface area contributed by atoms with Crippen LogP contribution >= 0.6 is 12.4 Å². The second-order valence-corrected chi connectivity index (χ2v) is 4.55. The number of benzene rings is 1. The van der Waals surface area contributed by atoms with E-state index in [0.717, 1.165) is 12.8 Å². The van der Waals surface area contributed by atoms with E-state index in [-0.39, 0.29) is 18.3 Å². The van der Waals surface area contributed by atoms with Gasteiger partial charge in [0.25, 0.3) is 0 Å². The maximum atomic E-state index is 13.5. The molecule has 1 aliphatic rings. The van der Waals surface area contributed by atoms with Gasteiger partial charge in [0, 0.05) is 11.6 Å². The van der Waals surface area contributed by atoms with Gasteiger partial charge in [0.15, 0.2) is 23.3 Å². The van der Waals surface area contributed by atoms with Crippen molar-refractivity contribution in [2.24, 2.45) is 11.7 Å². The van der Waals surface area contributed by atoms with Crippen molar-refractivity contribution in [3.8, 4) is 0 Å². The first-order chi connectivity index (χ1) is 8.45. The van der Waals surface area contributed by atoms with Gasteiger partial charge in [0.05, 0.1) is 0 Å². The number of hydrogen-bond acceptors (Lipinski definition) is 1. The third-order valence-corrected chi connectivity index (χ3v) is 3.48. The fourth-order valence-corrected chi connectivity index (χ4v) is 2.47. The molecule has 1 atom stereocenters. The summed E-state index contributed by atoms with van der Waals surface area (Å²) < 4.78 is 65.9. The molecule has 7 heteroatoms. The molecule has 1 nitrogen and oxygen atoms in total. The van der Waals surface area contributed by atoms with Crippen LogP contribution in [0.5, 0.6) is 0 Å². The van der Waals surface area contributed by atoms with E-state index in [9.17, 15) is 22.0 Å². The quantitative estimate of drug-likeness (QED) is 0.499. The third-order valence-electron chi connectivity index (χ3n) is 3.48. The Morgan fingerprint density at radius 3 is 1.58 bits per heavy atom. The molecule has 1 aromatic rings. The Morgan fingerprint density at radius 1 is 0.789 bits per heavy atom. The molecule has 2 rings (SSSR count). The van der Waals surface area contributed by atoms with Crippen molar-refractivity contribution < 1.29 is 22.0 Å². The highest BCUT2D eigenvalue weighted by Gasteiger charge is 2.33. The van der Waals surface area contributed by atoms with E-state index in [4.69, 9.17) is 5.73 Å². The lowest BCUT2D eigenvalue weighted by Gasteiger charge is -2.20. The van der Waals surface area contributed by atoms with Crippen LogP contribution in [0.15, 0.2) is 0 Å². The summed E-state index contributed by atoms with van der Waals surface area (Å²) in [6.07, 6.45) is 2.99. The summed E-state index contributed by atoms with van der Waals surface area (Å²) in [4.78, 5) is 0. The van der Waals surface area contributed by atoms with Crippen LogP contribution < -0.4 is 5.73 Å². The molecule has 1 saturated carbocycles. The SMILES string of the molecule is Cl.N[C@@H](c1c(F)c(F)c(F)c(F)c1F)C1CCCC1. The molecule has 0 amide bonds. The fourth-order valence-electron chi connectivity index (χ4n) is 2.47. The van der Waals surface area contributed by atoms with Crippen molar-refractivity contribution >= 4 is 12.4 Å². The van der Waals surface area contributed by atoms with Crippen LogP contribution in [0.2, 0.25) is 0 Å². The van der Waals surface area contributed by atoms with E-state index in [1.54, 1.807) is 0 Å². The van der Waals surface area contributed by atoms with E-state index in [1.165, 1.54) is 0 Å². The zero-order valence-electron chi connectivity index (χ0n) is 9.86. The minimum absolute atomic E-state index is 0. The van der Waals surface area contributed by atoms with Gasteiger partial charge < -0.3 is 5.73 Å². The van der Waals surface area contributed by atoms with Gasteiger partial charge in [-0.25, -0.2) is 22.0 Å². The van der Waals surface area contributed by atoms with E-state index in [1.807, 2.05) is 0 Å². The molecule has 0 aliphatic heterocycles. The predicted molar refractivity (Wildman–Crippen MR) is 62.4 cm³/mol. The average molecular weight is 302 g/mol. The average Bonchev–Trinajstić information content (AvgIpc) is 2.88. The maximum absolute atomic E-state index is 13.5. The molecular weight excluding hydrogens is 289 g/mol. The monoisotopic (exact) mass is 301 g/mol. The van der Waals surface area contributed by atoms with Crippen molar-refractivity contribution in [1.82, 2.24) is 0 Å². The Hall–Kier alpha value is -0.880. The molecule has 0 spiro atoms.